The van der Waals surface area contributed by atoms with Crippen LogP contribution >= 0.6 is 0 Å². The van der Waals surface area contributed by atoms with Crippen molar-refractivity contribution in [1.82, 2.24) is 4.72 Å². The van der Waals surface area contributed by atoms with Gasteiger partial charge in [0.25, 0.3) is 0 Å². The molecular formula is C22H28BNO5S. The second-order valence-corrected chi connectivity index (χ2v) is 10.3. The Morgan fingerprint density at radius 2 is 1.47 bits per heavy atom. The highest BCUT2D eigenvalue weighted by atomic mass is 32.2. The maximum Gasteiger partial charge on any atom is 0.494 e. The van der Waals surface area contributed by atoms with E-state index in [0.29, 0.717) is 12.0 Å². The third kappa shape index (κ3) is 4.83. The summed E-state index contributed by atoms with van der Waals surface area (Å²) in [5, 5.41) is 0. The van der Waals surface area contributed by atoms with Crippen molar-refractivity contribution in [3.63, 3.8) is 0 Å². The molecule has 0 bridgehead atoms. The maximum atomic E-state index is 12.4. The van der Waals surface area contributed by atoms with Crippen LogP contribution in [0.4, 0.5) is 0 Å². The minimum atomic E-state index is -3.62. The lowest BCUT2D eigenvalue weighted by Crippen LogP contribution is -2.41. The predicted molar refractivity (Wildman–Crippen MR) is 117 cm³/mol. The van der Waals surface area contributed by atoms with Crippen molar-refractivity contribution in [2.45, 2.75) is 57.1 Å². The largest absolute Gasteiger partial charge is 0.494 e. The fourth-order valence-corrected chi connectivity index (χ4v) is 4.13. The van der Waals surface area contributed by atoms with Gasteiger partial charge >= 0.3 is 7.12 Å². The van der Waals surface area contributed by atoms with E-state index in [1.54, 1.807) is 0 Å². The number of hydrogen-bond acceptors (Lipinski definition) is 5. The molecule has 1 fully saturated rings. The molecule has 30 heavy (non-hydrogen) atoms. The highest BCUT2D eigenvalue weighted by Crippen LogP contribution is 2.36. The molecule has 0 radical (unpaired) electrons. The van der Waals surface area contributed by atoms with Gasteiger partial charge in [0, 0.05) is 12.1 Å². The summed E-state index contributed by atoms with van der Waals surface area (Å²) in [5.74, 6) is -0.101. The molecule has 160 valence electrons. The van der Waals surface area contributed by atoms with Crippen molar-refractivity contribution in [1.29, 1.82) is 0 Å². The molecule has 1 saturated heterocycles. The molecule has 1 aliphatic rings. The normalized spacial score (nSPS) is 17.8. The number of hydrogen-bond donors (Lipinski definition) is 1. The summed E-state index contributed by atoms with van der Waals surface area (Å²) in [6.07, 6.45) is 0.550. The van der Waals surface area contributed by atoms with Gasteiger partial charge in [-0.05, 0) is 64.2 Å². The van der Waals surface area contributed by atoms with E-state index in [-0.39, 0.29) is 17.2 Å². The van der Waals surface area contributed by atoms with E-state index in [9.17, 15) is 13.2 Å². The van der Waals surface area contributed by atoms with Crippen LogP contribution in [-0.4, -0.2) is 39.1 Å². The summed E-state index contributed by atoms with van der Waals surface area (Å²) >= 11 is 0. The Morgan fingerprint density at radius 1 is 0.933 bits per heavy atom. The molecule has 0 aromatic heterocycles. The van der Waals surface area contributed by atoms with Crippen LogP contribution < -0.4 is 10.2 Å². The molecule has 8 heteroatoms. The van der Waals surface area contributed by atoms with E-state index in [1.807, 2.05) is 52.0 Å². The average Bonchev–Trinajstić information content (AvgIpc) is 2.89. The van der Waals surface area contributed by atoms with Gasteiger partial charge in [0.05, 0.1) is 16.1 Å². The molecule has 0 unspecified atom stereocenters. The van der Waals surface area contributed by atoms with E-state index in [2.05, 4.69) is 4.72 Å². The van der Waals surface area contributed by atoms with Crippen LogP contribution in [0.25, 0.3) is 0 Å². The molecule has 1 aliphatic heterocycles. The van der Waals surface area contributed by atoms with E-state index in [4.69, 9.17) is 9.31 Å². The Hall–Kier alpha value is -2.00. The van der Waals surface area contributed by atoms with Gasteiger partial charge < -0.3 is 9.31 Å². The fourth-order valence-electron chi connectivity index (χ4n) is 3.10. The van der Waals surface area contributed by atoms with Crippen molar-refractivity contribution in [2.24, 2.45) is 0 Å². The monoisotopic (exact) mass is 429 g/mol. The van der Waals surface area contributed by atoms with E-state index >= 15 is 0 Å². The topological polar surface area (TPSA) is 81.7 Å². The number of rotatable bonds is 7. The Kier molecular flexibility index (Phi) is 6.25. The summed E-state index contributed by atoms with van der Waals surface area (Å²) in [7, 11) is -4.04. The Labute approximate surface area is 179 Å². The number of carbonyl (C=O) groups excluding carboxylic acids is 1. The van der Waals surface area contributed by atoms with E-state index in [0.717, 1.165) is 11.0 Å². The minimum Gasteiger partial charge on any atom is -0.399 e. The lowest BCUT2D eigenvalue weighted by atomic mass is 9.79. The van der Waals surface area contributed by atoms with Crippen LogP contribution in [0.5, 0.6) is 0 Å². The second kappa shape index (κ2) is 8.27. The van der Waals surface area contributed by atoms with Gasteiger partial charge in [-0.2, -0.15) is 0 Å². The zero-order chi connectivity index (χ0) is 22.2. The lowest BCUT2D eigenvalue weighted by molar-refractivity contribution is 0.00578. The molecular weight excluding hydrogens is 401 g/mol. The summed E-state index contributed by atoms with van der Waals surface area (Å²) < 4.78 is 39.6. The zero-order valence-corrected chi connectivity index (χ0v) is 18.9. The van der Waals surface area contributed by atoms with Gasteiger partial charge in [0.2, 0.25) is 10.0 Å². The third-order valence-electron chi connectivity index (χ3n) is 5.78. The molecule has 0 atom stereocenters. The quantitative estimate of drug-likeness (QED) is 0.541. The van der Waals surface area contributed by atoms with Crippen molar-refractivity contribution in [3.8, 4) is 0 Å². The number of ketones is 1. The number of carbonyl (C=O) groups is 1. The van der Waals surface area contributed by atoms with Gasteiger partial charge in [0.1, 0.15) is 0 Å². The molecule has 1 N–H and O–H groups in total. The van der Waals surface area contributed by atoms with E-state index in [1.165, 1.54) is 31.2 Å². The molecule has 2 aromatic carbocycles. The van der Waals surface area contributed by atoms with Crippen LogP contribution in [0, 0.1) is 0 Å². The van der Waals surface area contributed by atoms with Crippen LogP contribution in [0.15, 0.2) is 53.4 Å². The SMILES string of the molecule is CC(=O)c1ccc(S(=O)(=O)NCCc2ccc(B3OC(C)(C)C(C)(C)O3)cc2)cc1. The van der Waals surface area contributed by atoms with Gasteiger partial charge in [0.15, 0.2) is 5.78 Å². The smallest absolute Gasteiger partial charge is 0.399 e. The molecule has 0 aliphatic carbocycles. The van der Waals surface area contributed by atoms with Crippen molar-refractivity contribution >= 4 is 28.4 Å². The summed E-state index contributed by atoms with van der Waals surface area (Å²) in [4.78, 5) is 11.5. The van der Waals surface area contributed by atoms with Gasteiger partial charge in [-0.15, -0.1) is 0 Å². The van der Waals surface area contributed by atoms with Gasteiger partial charge in [-0.1, -0.05) is 36.4 Å². The minimum absolute atomic E-state index is 0.101. The summed E-state index contributed by atoms with van der Waals surface area (Å²) in [5.41, 5.74) is 1.64. The molecule has 0 amide bonds. The summed E-state index contributed by atoms with van der Waals surface area (Å²) in [6, 6.07) is 13.7. The first-order valence-corrected chi connectivity index (χ1v) is 11.4. The number of Topliss-reactive ketones (excluding diaryl/α,β-unsaturated/α-hetero) is 1. The van der Waals surface area contributed by atoms with Crippen LogP contribution in [0.3, 0.4) is 0 Å². The first kappa shape index (κ1) is 22.7. The maximum absolute atomic E-state index is 12.4. The lowest BCUT2D eigenvalue weighted by Gasteiger charge is -2.32. The molecule has 3 rings (SSSR count). The average molecular weight is 429 g/mol. The van der Waals surface area contributed by atoms with Crippen LogP contribution in [0.1, 0.15) is 50.5 Å². The molecule has 0 saturated carbocycles. The second-order valence-electron chi connectivity index (χ2n) is 8.56. The molecule has 0 spiro atoms. The van der Waals surface area contributed by atoms with Crippen LogP contribution in [-0.2, 0) is 25.8 Å². The first-order chi connectivity index (χ1) is 13.9. The number of sulfonamides is 1. The predicted octanol–water partition coefficient (Wildman–Crippen LogP) is 2.71. The third-order valence-corrected chi connectivity index (χ3v) is 7.26. The van der Waals surface area contributed by atoms with Gasteiger partial charge in [-0.25, -0.2) is 13.1 Å². The number of benzene rings is 2. The molecule has 2 aromatic rings. The standard InChI is InChI=1S/C22H28BNO5S/c1-16(25)18-8-12-20(13-9-18)30(26,27)24-15-14-17-6-10-19(11-7-17)23-28-21(2,3)22(4,5)29-23/h6-13,24H,14-15H2,1-5H3. The highest BCUT2D eigenvalue weighted by Gasteiger charge is 2.51. The first-order valence-electron chi connectivity index (χ1n) is 9.96. The Morgan fingerprint density at radius 3 is 1.97 bits per heavy atom. The Balaban J connectivity index is 1.57. The molecule has 1 heterocycles. The Bertz CT molecular complexity index is 998. The van der Waals surface area contributed by atoms with Crippen LogP contribution in [0.2, 0.25) is 0 Å². The zero-order valence-electron chi connectivity index (χ0n) is 18.1. The number of nitrogens with one attached hydrogen (secondary N) is 1. The highest BCUT2D eigenvalue weighted by molar-refractivity contribution is 7.89. The molecule has 6 nitrogen and oxygen atoms in total. The van der Waals surface area contributed by atoms with Crippen molar-refractivity contribution in [2.75, 3.05) is 6.54 Å². The van der Waals surface area contributed by atoms with Crippen molar-refractivity contribution in [3.05, 3.63) is 59.7 Å². The van der Waals surface area contributed by atoms with Crippen molar-refractivity contribution < 1.29 is 22.5 Å². The van der Waals surface area contributed by atoms with Gasteiger partial charge in [-0.3, -0.25) is 4.79 Å². The summed E-state index contributed by atoms with van der Waals surface area (Å²) in [6.45, 7) is 9.77. The van der Waals surface area contributed by atoms with E-state index < -0.39 is 28.3 Å². The fraction of sp³-hybridized carbons (Fsp3) is 0.409.